The maximum atomic E-state index is 10.6. The molecule has 0 heterocycles. The zero-order chi connectivity index (χ0) is 9.07. The van der Waals surface area contributed by atoms with Gasteiger partial charge in [-0.05, 0) is 6.42 Å². The van der Waals surface area contributed by atoms with Gasteiger partial charge < -0.3 is 15.7 Å². The van der Waals surface area contributed by atoms with Crippen LogP contribution in [0, 0.1) is 0 Å². The van der Waals surface area contributed by atoms with E-state index < -0.39 is 19.4 Å². The van der Waals surface area contributed by atoms with Crippen LogP contribution in [0.1, 0.15) is 6.42 Å². The van der Waals surface area contributed by atoms with Gasteiger partial charge in [0.15, 0.2) is 7.37 Å². The third kappa shape index (κ3) is 9.35. The number of carboxylic acids is 1. The average molecular weight is 221 g/mol. The Morgan fingerprint density at radius 2 is 2.08 bits per heavy atom. The summed E-state index contributed by atoms with van der Waals surface area (Å²) in [5.74, 6) is -1.14. The number of aliphatic carboxylic acids is 1. The van der Waals surface area contributed by atoms with Gasteiger partial charge >= 0.3 is 57.4 Å². The first kappa shape index (κ1) is 15.7. The number of hydrogen-bond acceptors (Lipinski definition) is 3. The van der Waals surface area contributed by atoms with Gasteiger partial charge in [-0.2, -0.15) is 0 Å². The van der Waals surface area contributed by atoms with E-state index in [4.69, 9.17) is 15.7 Å². The van der Waals surface area contributed by atoms with Crippen LogP contribution in [0.25, 0.3) is 0 Å². The Hall–Kier alpha value is 1.26. The first-order valence-electron chi connectivity index (χ1n) is 3.10. The van der Waals surface area contributed by atoms with Gasteiger partial charge in [-0.15, -0.1) is 0 Å². The van der Waals surface area contributed by atoms with Gasteiger partial charge in [-0.25, -0.2) is 0 Å². The third-order valence-electron chi connectivity index (χ3n) is 1.17. The molecule has 0 aliphatic carbocycles. The molecule has 0 radical (unpaired) electrons. The zero-order valence-corrected chi connectivity index (χ0v) is 7.12. The standard InChI is InChI=1S/C5H12NO4P.K.H/c1-11(9,10)3-2-4(6)5(7)8;;/h4H,2-3,6H2,1H3,(H,7,8)(H,9,10);;. The molecule has 0 aliphatic rings. The van der Waals surface area contributed by atoms with Crippen LogP contribution < -0.4 is 5.73 Å². The fraction of sp³-hybridized carbons (Fsp3) is 0.800. The number of carbonyl (C=O) groups is 1. The van der Waals surface area contributed by atoms with Crippen molar-refractivity contribution in [3.05, 3.63) is 0 Å². The van der Waals surface area contributed by atoms with E-state index in [2.05, 4.69) is 0 Å². The Balaban J connectivity index is 0. The summed E-state index contributed by atoms with van der Waals surface area (Å²) in [5.41, 5.74) is 5.09. The summed E-state index contributed by atoms with van der Waals surface area (Å²) in [5, 5.41) is 8.28. The molecule has 5 nitrogen and oxygen atoms in total. The molecule has 0 spiro atoms. The molecular formula is C5H13KNO4P. The van der Waals surface area contributed by atoms with Crippen molar-refractivity contribution < 1.29 is 19.4 Å². The molecule has 68 valence electrons. The van der Waals surface area contributed by atoms with Crippen molar-refractivity contribution in [3.63, 3.8) is 0 Å². The summed E-state index contributed by atoms with van der Waals surface area (Å²) in [6.07, 6.45) is 0.0000772. The van der Waals surface area contributed by atoms with Crippen molar-refractivity contribution in [1.82, 2.24) is 0 Å². The first-order chi connectivity index (χ1) is 4.83. The molecule has 0 saturated heterocycles. The fourth-order valence-corrected chi connectivity index (χ4v) is 1.26. The van der Waals surface area contributed by atoms with E-state index in [9.17, 15) is 9.36 Å². The quantitative estimate of drug-likeness (QED) is 0.419. The van der Waals surface area contributed by atoms with Crippen LogP contribution in [0.15, 0.2) is 0 Å². The second-order valence-corrected chi connectivity index (χ2v) is 5.06. The van der Waals surface area contributed by atoms with Crippen molar-refractivity contribution >= 4 is 64.7 Å². The molecular weight excluding hydrogens is 208 g/mol. The van der Waals surface area contributed by atoms with E-state index in [1.165, 1.54) is 6.66 Å². The summed E-state index contributed by atoms with van der Waals surface area (Å²) >= 11 is 0. The Morgan fingerprint density at radius 1 is 1.67 bits per heavy atom. The molecule has 0 bridgehead atoms. The van der Waals surface area contributed by atoms with Gasteiger partial charge in [0.25, 0.3) is 0 Å². The Labute approximate surface area is 114 Å². The predicted octanol–water partition coefficient (Wildman–Crippen LogP) is -0.960. The summed E-state index contributed by atoms with van der Waals surface area (Å²) in [6, 6.07) is -1.03. The molecule has 0 aromatic rings. The Kier molecular flexibility index (Phi) is 8.74. The first-order valence-corrected chi connectivity index (χ1v) is 5.40. The van der Waals surface area contributed by atoms with E-state index in [0.717, 1.165) is 0 Å². The van der Waals surface area contributed by atoms with Gasteiger partial charge in [0, 0.05) is 12.8 Å². The summed E-state index contributed by atoms with van der Waals surface area (Å²) in [7, 11) is -3.10. The molecule has 0 aromatic heterocycles. The van der Waals surface area contributed by atoms with E-state index in [1.54, 1.807) is 0 Å². The van der Waals surface area contributed by atoms with Crippen LogP contribution in [0.3, 0.4) is 0 Å². The van der Waals surface area contributed by atoms with E-state index in [1.807, 2.05) is 0 Å². The SMILES string of the molecule is CP(=O)(O)CCC(N)C(=O)O.[KH]. The minimum atomic E-state index is -3.10. The number of hydrogen-bond donors (Lipinski definition) is 3. The number of carboxylic acid groups (broad SMARTS) is 1. The molecule has 2 atom stereocenters. The molecule has 7 heteroatoms. The zero-order valence-electron chi connectivity index (χ0n) is 6.23. The van der Waals surface area contributed by atoms with Crippen molar-refractivity contribution in [3.8, 4) is 0 Å². The van der Waals surface area contributed by atoms with Gasteiger partial charge in [-0.1, -0.05) is 0 Å². The van der Waals surface area contributed by atoms with E-state index in [0.29, 0.717) is 0 Å². The van der Waals surface area contributed by atoms with Crippen LogP contribution in [0.2, 0.25) is 0 Å². The normalized spacial score (nSPS) is 17.2. The van der Waals surface area contributed by atoms with Gasteiger partial charge in [0.1, 0.15) is 6.04 Å². The van der Waals surface area contributed by atoms with Crippen LogP contribution in [0.5, 0.6) is 0 Å². The molecule has 0 fully saturated rings. The Bertz CT molecular complexity index is 192. The average Bonchev–Trinajstić information content (AvgIpc) is 1.80. The Morgan fingerprint density at radius 3 is 2.33 bits per heavy atom. The summed E-state index contributed by atoms with van der Waals surface area (Å²) in [6.45, 7) is 1.18. The van der Waals surface area contributed by atoms with Crippen LogP contribution in [-0.4, -0.2) is 86.2 Å². The molecule has 0 aliphatic heterocycles. The molecule has 4 N–H and O–H groups in total. The fourth-order valence-electron chi connectivity index (χ4n) is 0.502. The molecule has 0 amide bonds. The summed E-state index contributed by atoms with van der Waals surface area (Å²) in [4.78, 5) is 18.9. The summed E-state index contributed by atoms with van der Waals surface area (Å²) < 4.78 is 10.6. The minimum absolute atomic E-state index is 0. The topological polar surface area (TPSA) is 101 Å². The predicted molar refractivity (Wildman–Crippen MR) is 48.0 cm³/mol. The van der Waals surface area contributed by atoms with Crippen molar-refractivity contribution in [2.75, 3.05) is 12.8 Å². The third-order valence-corrected chi connectivity index (χ3v) is 2.26. The van der Waals surface area contributed by atoms with E-state index >= 15 is 0 Å². The van der Waals surface area contributed by atoms with Crippen molar-refractivity contribution in [1.29, 1.82) is 0 Å². The van der Waals surface area contributed by atoms with Crippen LogP contribution >= 0.6 is 7.37 Å². The van der Waals surface area contributed by atoms with Gasteiger partial charge in [-0.3, -0.25) is 9.36 Å². The van der Waals surface area contributed by atoms with Crippen LogP contribution in [-0.2, 0) is 9.36 Å². The molecule has 12 heavy (non-hydrogen) atoms. The van der Waals surface area contributed by atoms with Crippen molar-refractivity contribution in [2.24, 2.45) is 5.73 Å². The maximum absolute atomic E-state index is 10.6. The number of nitrogens with two attached hydrogens (primary N) is 1. The second-order valence-electron chi connectivity index (χ2n) is 2.51. The molecule has 0 saturated carbocycles. The number of rotatable bonds is 4. The second kappa shape index (κ2) is 6.67. The van der Waals surface area contributed by atoms with Gasteiger partial charge in [0.05, 0.1) is 0 Å². The van der Waals surface area contributed by atoms with E-state index in [-0.39, 0.29) is 64.0 Å². The molecule has 0 aromatic carbocycles. The van der Waals surface area contributed by atoms with Gasteiger partial charge in [0.2, 0.25) is 0 Å². The molecule has 0 rings (SSSR count). The van der Waals surface area contributed by atoms with Crippen LogP contribution in [0.4, 0.5) is 0 Å². The van der Waals surface area contributed by atoms with Crippen molar-refractivity contribution in [2.45, 2.75) is 12.5 Å². The molecule has 2 unspecified atom stereocenters. The monoisotopic (exact) mass is 221 g/mol.